The van der Waals surface area contributed by atoms with Crippen LogP contribution in [0.5, 0.6) is 0 Å². The number of hydrogen-bond donors (Lipinski definition) is 1. The minimum atomic E-state index is 0.753. The Labute approximate surface area is 95.3 Å². The Morgan fingerprint density at radius 1 is 1.27 bits per heavy atom. The van der Waals surface area contributed by atoms with Crippen molar-refractivity contribution in [1.29, 1.82) is 0 Å². The van der Waals surface area contributed by atoms with E-state index in [0.717, 1.165) is 12.0 Å². The predicted molar refractivity (Wildman–Crippen MR) is 68.1 cm³/mol. The molecule has 0 bridgehead atoms. The Balaban J connectivity index is 2.30. The number of nitrogens with one attached hydrogen (secondary N) is 1. The van der Waals surface area contributed by atoms with Crippen molar-refractivity contribution >= 4 is 0 Å². The van der Waals surface area contributed by atoms with E-state index in [9.17, 15) is 0 Å². The molecule has 0 radical (unpaired) electrons. The minimum Gasteiger partial charge on any atom is -0.317 e. The molecule has 0 spiro atoms. The molecule has 1 saturated carbocycles. The highest BCUT2D eigenvalue weighted by atomic mass is 14.9. The van der Waals surface area contributed by atoms with Gasteiger partial charge in [0.2, 0.25) is 0 Å². The molecule has 0 saturated heterocycles. The molecule has 1 fully saturated rings. The third kappa shape index (κ3) is 4.83. The van der Waals surface area contributed by atoms with Crippen molar-refractivity contribution in [3.8, 4) is 0 Å². The van der Waals surface area contributed by atoms with Gasteiger partial charge >= 0.3 is 0 Å². The Morgan fingerprint density at radius 2 is 1.93 bits per heavy atom. The van der Waals surface area contributed by atoms with E-state index in [1.165, 1.54) is 57.8 Å². The summed E-state index contributed by atoms with van der Waals surface area (Å²) in [5.74, 6) is 0.933. The van der Waals surface area contributed by atoms with Crippen molar-refractivity contribution < 1.29 is 0 Å². The number of allylic oxidation sites excluding steroid dienone is 1. The van der Waals surface area contributed by atoms with E-state index in [4.69, 9.17) is 0 Å². The fourth-order valence-corrected chi connectivity index (χ4v) is 2.81. The van der Waals surface area contributed by atoms with Crippen molar-refractivity contribution in [3.05, 3.63) is 12.7 Å². The summed E-state index contributed by atoms with van der Waals surface area (Å²) in [4.78, 5) is 0. The summed E-state index contributed by atoms with van der Waals surface area (Å²) in [6, 6.07) is 0.753. The van der Waals surface area contributed by atoms with Gasteiger partial charge in [-0.3, -0.25) is 0 Å². The second-order valence-corrected chi connectivity index (χ2v) is 4.87. The van der Waals surface area contributed by atoms with Crippen LogP contribution in [0.1, 0.15) is 57.8 Å². The maximum Gasteiger partial charge on any atom is 0.00924 e. The predicted octanol–water partition coefficient (Wildman–Crippen LogP) is 3.90. The first-order valence-electron chi connectivity index (χ1n) is 6.66. The third-order valence-electron chi connectivity index (χ3n) is 3.76. The van der Waals surface area contributed by atoms with Gasteiger partial charge in [0.25, 0.3) is 0 Å². The molecular weight excluding hydrogens is 182 g/mol. The van der Waals surface area contributed by atoms with Crippen LogP contribution < -0.4 is 5.32 Å². The average molecular weight is 209 g/mol. The molecular formula is C14H27N. The summed E-state index contributed by atoms with van der Waals surface area (Å²) in [6.45, 7) is 3.79. The number of unbranched alkanes of at least 4 members (excludes halogenated alkanes) is 1. The van der Waals surface area contributed by atoms with E-state index < -0.39 is 0 Å². The summed E-state index contributed by atoms with van der Waals surface area (Å²) in [7, 11) is 2.13. The maximum absolute atomic E-state index is 3.79. The maximum atomic E-state index is 3.79. The summed E-state index contributed by atoms with van der Waals surface area (Å²) >= 11 is 0. The Kier molecular flexibility index (Phi) is 6.74. The average Bonchev–Trinajstić information content (AvgIpc) is 2.53. The van der Waals surface area contributed by atoms with Crippen molar-refractivity contribution in [3.63, 3.8) is 0 Å². The van der Waals surface area contributed by atoms with Crippen LogP contribution in [0, 0.1) is 5.92 Å². The standard InChI is InChI=1S/C14H27N/c1-3-4-7-12-14(15-2)13-10-8-5-6-9-11-13/h3,13-15H,1,4-12H2,2H3. The lowest BCUT2D eigenvalue weighted by atomic mass is 9.89. The fourth-order valence-electron chi connectivity index (χ4n) is 2.81. The topological polar surface area (TPSA) is 12.0 Å². The SMILES string of the molecule is C=CCCCC(NC)C1CCCCCC1. The molecule has 1 rings (SSSR count). The van der Waals surface area contributed by atoms with Crippen molar-refractivity contribution in [1.82, 2.24) is 5.32 Å². The summed E-state index contributed by atoms with van der Waals surface area (Å²) in [5.41, 5.74) is 0. The zero-order chi connectivity index (χ0) is 10.9. The first-order chi connectivity index (χ1) is 7.38. The second kappa shape index (κ2) is 7.92. The second-order valence-electron chi connectivity index (χ2n) is 4.87. The van der Waals surface area contributed by atoms with Crippen LogP contribution in [0.2, 0.25) is 0 Å². The van der Waals surface area contributed by atoms with Gasteiger partial charge in [0, 0.05) is 6.04 Å². The summed E-state index contributed by atoms with van der Waals surface area (Å²) < 4.78 is 0. The molecule has 0 aromatic heterocycles. The van der Waals surface area contributed by atoms with Gasteiger partial charge in [0.15, 0.2) is 0 Å². The molecule has 1 atom stereocenters. The molecule has 1 unspecified atom stereocenters. The zero-order valence-electron chi connectivity index (χ0n) is 10.3. The molecule has 15 heavy (non-hydrogen) atoms. The van der Waals surface area contributed by atoms with E-state index in [1.807, 2.05) is 6.08 Å². The normalized spacial score (nSPS) is 20.9. The van der Waals surface area contributed by atoms with Gasteiger partial charge < -0.3 is 5.32 Å². The minimum absolute atomic E-state index is 0.753. The van der Waals surface area contributed by atoms with Gasteiger partial charge in [0.05, 0.1) is 0 Å². The van der Waals surface area contributed by atoms with E-state index in [2.05, 4.69) is 18.9 Å². The molecule has 1 N–H and O–H groups in total. The first kappa shape index (κ1) is 12.8. The lowest BCUT2D eigenvalue weighted by Crippen LogP contribution is -2.33. The van der Waals surface area contributed by atoms with Gasteiger partial charge in [-0.25, -0.2) is 0 Å². The van der Waals surface area contributed by atoms with Crippen LogP contribution in [0.3, 0.4) is 0 Å². The van der Waals surface area contributed by atoms with Crippen LogP contribution in [0.4, 0.5) is 0 Å². The molecule has 1 nitrogen and oxygen atoms in total. The molecule has 88 valence electrons. The van der Waals surface area contributed by atoms with Crippen LogP contribution in [0.15, 0.2) is 12.7 Å². The quantitative estimate of drug-likeness (QED) is 0.397. The van der Waals surface area contributed by atoms with Gasteiger partial charge in [-0.05, 0) is 45.1 Å². The highest BCUT2D eigenvalue weighted by Gasteiger charge is 2.20. The third-order valence-corrected chi connectivity index (χ3v) is 3.76. The van der Waals surface area contributed by atoms with Gasteiger partial charge in [-0.1, -0.05) is 31.8 Å². The first-order valence-corrected chi connectivity index (χ1v) is 6.66. The summed E-state index contributed by atoms with van der Waals surface area (Å²) in [5, 5.41) is 3.52. The van der Waals surface area contributed by atoms with Crippen molar-refractivity contribution in [2.24, 2.45) is 5.92 Å². The van der Waals surface area contributed by atoms with Gasteiger partial charge in [-0.2, -0.15) is 0 Å². The summed E-state index contributed by atoms with van der Waals surface area (Å²) in [6.07, 6.45) is 14.5. The highest BCUT2D eigenvalue weighted by Crippen LogP contribution is 2.27. The molecule has 0 heterocycles. The van der Waals surface area contributed by atoms with E-state index in [-0.39, 0.29) is 0 Å². The van der Waals surface area contributed by atoms with Gasteiger partial charge in [-0.15, -0.1) is 6.58 Å². The Bertz CT molecular complexity index is 157. The molecule has 0 amide bonds. The zero-order valence-corrected chi connectivity index (χ0v) is 10.3. The molecule has 1 aliphatic rings. The Morgan fingerprint density at radius 3 is 2.47 bits per heavy atom. The van der Waals surface area contributed by atoms with Crippen LogP contribution in [0.25, 0.3) is 0 Å². The molecule has 0 aromatic rings. The molecule has 1 aliphatic carbocycles. The van der Waals surface area contributed by atoms with E-state index >= 15 is 0 Å². The van der Waals surface area contributed by atoms with Gasteiger partial charge in [0.1, 0.15) is 0 Å². The van der Waals surface area contributed by atoms with Crippen LogP contribution in [-0.4, -0.2) is 13.1 Å². The van der Waals surface area contributed by atoms with Crippen molar-refractivity contribution in [2.45, 2.75) is 63.8 Å². The largest absolute Gasteiger partial charge is 0.317 e. The smallest absolute Gasteiger partial charge is 0.00924 e. The lowest BCUT2D eigenvalue weighted by molar-refractivity contribution is 0.315. The van der Waals surface area contributed by atoms with Crippen LogP contribution in [-0.2, 0) is 0 Å². The van der Waals surface area contributed by atoms with Crippen molar-refractivity contribution in [2.75, 3.05) is 7.05 Å². The van der Waals surface area contributed by atoms with E-state index in [1.54, 1.807) is 0 Å². The monoisotopic (exact) mass is 209 g/mol. The Hall–Kier alpha value is -0.300. The molecule has 0 aromatic carbocycles. The van der Waals surface area contributed by atoms with Crippen LogP contribution >= 0.6 is 0 Å². The number of rotatable bonds is 6. The molecule has 1 heteroatoms. The number of hydrogen-bond acceptors (Lipinski definition) is 1. The lowest BCUT2D eigenvalue weighted by Gasteiger charge is -2.25. The fraction of sp³-hybridized carbons (Fsp3) is 0.857. The van der Waals surface area contributed by atoms with E-state index in [0.29, 0.717) is 0 Å². The highest BCUT2D eigenvalue weighted by molar-refractivity contribution is 4.78. The molecule has 0 aliphatic heterocycles.